The molecule has 10 heteroatoms. The number of nitrogens with one attached hydrogen (secondary N) is 1. The number of nitro groups is 1. The highest BCUT2D eigenvalue weighted by Crippen LogP contribution is 2.28. The Bertz CT molecular complexity index is 1150. The van der Waals surface area contributed by atoms with E-state index in [-0.39, 0.29) is 34.6 Å². The fraction of sp³-hybridized carbons (Fsp3) is 0.375. The number of amides is 1. The van der Waals surface area contributed by atoms with E-state index in [1.807, 2.05) is 30.5 Å². The van der Waals surface area contributed by atoms with Crippen molar-refractivity contribution < 1.29 is 14.5 Å². The van der Waals surface area contributed by atoms with Crippen LogP contribution in [0.5, 0.6) is 5.75 Å². The quantitative estimate of drug-likeness (QED) is 0.247. The number of hydrogen-bond donors (Lipinski definition) is 1. The van der Waals surface area contributed by atoms with Gasteiger partial charge in [0.1, 0.15) is 11.4 Å². The van der Waals surface area contributed by atoms with E-state index in [2.05, 4.69) is 48.4 Å². The highest BCUT2D eigenvalue weighted by molar-refractivity contribution is 7.99. The van der Waals surface area contributed by atoms with Crippen LogP contribution in [0.15, 0.2) is 53.7 Å². The van der Waals surface area contributed by atoms with E-state index < -0.39 is 4.92 Å². The third-order valence-electron chi connectivity index (χ3n) is 5.17. The molecule has 1 aromatic heterocycles. The van der Waals surface area contributed by atoms with E-state index in [1.54, 1.807) is 12.1 Å². The molecule has 3 aromatic rings. The summed E-state index contributed by atoms with van der Waals surface area (Å²) in [6, 6.07) is 14.1. The summed E-state index contributed by atoms with van der Waals surface area (Å²) < 4.78 is 7.99. The number of benzene rings is 2. The van der Waals surface area contributed by atoms with Crippen molar-refractivity contribution in [1.82, 2.24) is 14.8 Å². The Morgan fingerprint density at radius 2 is 1.85 bits per heavy atom. The molecule has 1 unspecified atom stereocenters. The van der Waals surface area contributed by atoms with E-state index in [1.165, 1.54) is 29.5 Å². The van der Waals surface area contributed by atoms with Crippen LogP contribution in [-0.4, -0.2) is 31.3 Å². The van der Waals surface area contributed by atoms with Crippen molar-refractivity contribution in [1.29, 1.82) is 0 Å². The fourth-order valence-corrected chi connectivity index (χ4v) is 4.16. The third kappa shape index (κ3) is 6.13. The Kier molecular flexibility index (Phi) is 7.93. The van der Waals surface area contributed by atoms with E-state index in [4.69, 9.17) is 4.74 Å². The van der Waals surface area contributed by atoms with Crippen molar-refractivity contribution in [2.75, 3.05) is 11.1 Å². The second-order valence-corrected chi connectivity index (χ2v) is 9.67. The number of ether oxygens (including phenoxy) is 1. The third-order valence-corrected chi connectivity index (χ3v) is 6.13. The number of carbonyl (C=O) groups excluding carboxylic acids is 1. The summed E-state index contributed by atoms with van der Waals surface area (Å²) in [7, 11) is 0. The molecule has 180 valence electrons. The molecule has 9 nitrogen and oxygen atoms in total. The highest BCUT2D eigenvalue weighted by atomic mass is 32.2. The van der Waals surface area contributed by atoms with Crippen molar-refractivity contribution in [3.05, 3.63) is 70.0 Å². The Morgan fingerprint density at radius 1 is 1.18 bits per heavy atom. The number of nitrogens with zero attached hydrogens (tertiary/aromatic N) is 4. The number of rotatable bonds is 9. The molecule has 0 spiro atoms. The van der Waals surface area contributed by atoms with Crippen molar-refractivity contribution in [2.24, 2.45) is 0 Å². The average molecular weight is 484 g/mol. The first-order valence-electron chi connectivity index (χ1n) is 11.0. The molecule has 0 radical (unpaired) electrons. The predicted octanol–water partition coefficient (Wildman–Crippen LogP) is 5.37. The monoisotopic (exact) mass is 483 g/mol. The van der Waals surface area contributed by atoms with E-state index in [0.29, 0.717) is 17.5 Å². The second kappa shape index (κ2) is 10.7. The topological polar surface area (TPSA) is 112 Å². The lowest BCUT2D eigenvalue weighted by atomic mass is 9.87. The number of carbonyl (C=O) groups is 1. The smallest absolute Gasteiger partial charge is 0.292 e. The van der Waals surface area contributed by atoms with Gasteiger partial charge in [-0.2, -0.15) is 0 Å². The first-order chi connectivity index (χ1) is 16.1. The van der Waals surface area contributed by atoms with Gasteiger partial charge >= 0.3 is 0 Å². The molecule has 0 aliphatic heterocycles. The fourth-order valence-electron chi connectivity index (χ4n) is 3.35. The van der Waals surface area contributed by atoms with Crippen LogP contribution in [0.3, 0.4) is 0 Å². The number of aromatic nitrogens is 3. The van der Waals surface area contributed by atoms with Crippen LogP contribution in [0.25, 0.3) is 0 Å². The van der Waals surface area contributed by atoms with Gasteiger partial charge in [-0.25, -0.2) is 0 Å². The van der Waals surface area contributed by atoms with Crippen LogP contribution in [0.4, 0.5) is 11.4 Å². The minimum Gasteiger partial charge on any atom is -0.483 e. The Labute approximate surface area is 203 Å². The molecule has 1 amide bonds. The zero-order valence-electron chi connectivity index (χ0n) is 19.9. The maximum absolute atomic E-state index is 12.4. The summed E-state index contributed by atoms with van der Waals surface area (Å²) in [4.78, 5) is 23.0. The molecule has 34 heavy (non-hydrogen) atoms. The summed E-state index contributed by atoms with van der Waals surface area (Å²) >= 11 is 1.21. The highest BCUT2D eigenvalue weighted by Gasteiger charge is 2.21. The maximum atomic E-state index is 12.4. The van der Waals surface area contributed by atoms with Gasteiger partial charge in [-0.1, -0.05) is 56.8 Å². The molecule has 0 aliphatic carbocycles. The Hall–Kier alpha value is -3.40. The maximum Gasteiger partial charge on any atom is 0.292 e. The summed E-state index contributed by atoms with van der Waals surface area (Å²) in [5, 5.41) is 22.8. The van der Waals surface area contributed by atoms with E-state index >= 15 is 0 Å². The molecule has 3 rings (SSSR count). The molecule has 0 fully saturated rings. The van der Waals surface area contributed by atoms with Crippen LogP contribution >= 0.6 is 11.8 Å². The largest absolute Gasteiger partial charge is 0.483 e. The van der Waals surface area contributed by atoms with Crippen LogP contribution in [0.2, 0.25) is 0 Å². The number of thioether (sulfide) groups is 1. The molecular formula is C24H29N5O4S. The molecule has 0 saturated heterocycles. The second-order valence-electron chi connectivity index (χ2n) is 8.73. The first kappa shape index (κ1) is 25.2. The lowest BCUT2D eigenvalue weighted by Gasteiger charge is -2.20. The molecule has 0 aliphatic rings. The van der Waals surface area contributed by atoms with Gasteiger partial charge in [0.25, 0.3) is 5.69 Å². The lowest BCUT2D eigenvalue weighted by Crippen LogP contribution is -2.16. The standard InChI is InChI=1S/C24H29N5O4S/c1-6-28-22(16(2)33-18-13-11-17(12-14-18)24(3,4)5)26-27-23(28)34-15-21(30)25-19-9-7-8-10-20(19)29(31)32/h7-14,16H,6,15H2,1-5H3,(H,25,30). The van der Waals surface area contributed by atoms with Crippen LogP contribution < -0.4 is 10.1 Å². The van der Waals surface area contributed by atoms with Crippen LogP contribution in [-0.2, 0) is 16.8 Å². The molecule has 2 aromatic carbocycles. The minimum absolute atomic E-state index is 0.0354. The molecule has 0 bridgehead atoms. The van der Waals surface area contributed by atoms with Gasteiger partial charge in [-0.3, -0.25) is 14.9 Å². The van der Waals surface area contributed by atoms with Crippen LogP contribution in [0, 0.1) is 10.1 Å². The van der Waals surface area contributed by atoms with Gasteiger partial charge in [0.15, 0.2) is 17.1 Å². The molecule has 1 N–H and O–H groups in total. The number of para-hydroxylation sites is 2. The number of anilines is 1. The van der Waals surface area contributed by atoms with Gasteiger partial charge in [0.2, 0.25) is 5.91 Å². The van der Waals surface area contributed by atoms with Gasteiger partial charge < -0.3 is 14.6 Å². The Balaban J connectivity index is 1.64. The van der Waals surface area contributed by atoms with Gasteiger partial charge in [0, 0.05) is 12.6 Å². The van der Waals surface area contributed by atoms with Gasteiger partial charge in [-0.15, -0.1) is 10.2 Å². The first-order valence-corrected chi connectivity index (χ1v) is 11.9. The average Bonchev–Trinajstić information content (AvgIpc) is 3.21. The normalized spacial score (nSPS) is 12.3. The molecule has 1 atom stereocenters. The van der Waals surface area contributed by atoms with E-state index in [0.717, 1.165) is 5.75 Å². The van der Waals surface area contributed by atoms with Crippen LogP contribution in [0.1, 0.15) is 52.1 Å². The number of nitro benzene ring substituents is 1. The van der Waals surface area contributed by atoms with Crippen molar-refractivity contribution in [2.45, 2.75) is 57.8 Å². The molecule has 1 heterocycles. The minimum atomic E-state index is -0.527. The van der Waals surface area contributed by atoms with E-state index in [9.17, 15) is 14.9 Å². The van der Waals surface area contributed by atoms with Gasteiger partial charge in [-0.05, 0) is 43.0 Å². The summed E-state index contributed by atoms with van der Waals surface area (Å²) in [6.45, 7) is 11.0. The van der Waals surface area contributed by atoms with Crippen molar-refractivity contribution in [3.63, 3.8) is 0 Å². The summed E-state index contributed by atoms with van der Waals surface area (Å²) in [5.41, 5.74) is 1.30. The Morgan fingerprint density at radius 3 is 2.47 bits per heavy atom. The van der Waals surface area contributed by atoms with Gasteiger partial charge in [0.05, 0.1) is 10.7 Å². The number of hydrogen-bond acceptors (Lipinski definition) is 7. The summed E-state index contributed by atoms with van der Waals surface area (Å²) in [5.74, 6) is 1.07. The van der Waals surface area contributed by atoms with Crippen molar-refractivity contribution in [3.8, 4) is 5.75 Å². The van der Waals surface area contributed by atoms with Crippen molar-refractivity contribution >= 4 is 29.0 Å². The zero-order valence-corrected chi connectivity index (χ0v) is 20.8. The SMILES string of the molecule is CCn1c(SCC(=O)Nc2ccccc2[N+](=O)[O-])nnc1C(C)Oc1ccc(C(C)(C)C)cc1. The zero-order chi connectivity index (χ0) is 24.9. The summed E-state index contributed by atoms with van der Waals surface area (Å²) in [6.07, 6.45) is -0.344. The lowest BCUT2D eigenvalue weighted by molar-refractivity contribution is -0.383. The molecule has 0 saturated carbocycles. The predicted molar refractivity (Wildman–Crippen MR) is 132 cm³/mol. The molecular weight excluding hydrogens is 454 g/mol.